The first-order valence-corrected chi connectivity index (χ1v) is 5.36. The van der Waals surface area contributed by atoms with Gasteiger partial charge < -0.3 is 5.32 Å². The van der Waals surface area contributed by atoms with Gasteiger partial charge in [-0.25, -0.2) is 4.52 Å². The van der Waals surface area contributed by atoms with Crippen LogP contribution in [-0.2, 0) is 6.54 Å². The number of fused-ring (bicyclic) bond motifs is 1. The molecule has 3 rings (SSSR count). The number of aromatic nitrogens is 4. The van der Waals surface area contributed by atoms with E-state index in [4.69, 9.17) is 0 Å². The highest BCUT2D eigenvalue weighted by Gasteiger charge is 2.01. The lowest BCUT2D eigenvalue weighted by molar-refractivity contribution is 0.949. The molecule has 5 heteroatoms. The Bertz CT molecular complexity index is 584. The Hall–Kier alpha value is -2.43. The smallest absolute Gasteiger partial charge is 0.243 e. The number of pyridine rings is 2. The van der Waals surface area contributed by atoms with Gasteiger partial charge in [0.05, 0.1) is 0 Å². The maximum absolute atomic E-state index is 4.35. The molecule has 0 saturated heterocycles. The molecular weight excluding hydrogens is 214 g/mol. The van der Waals surface area contributed by atoms with Crippen LogP contribution in [0.5, 0.6) is 0 Å². The highest BCUT2D eigenvalue weighted by Crippen LogP contribution is 2.06. The van der Waals surface area contributed by atoms with Crippen LogP contribution in [0.4, 0.5) is 5.95 Å². The molecule has 3 heterocycles. The summed E-state index contributed by atoms with van der Waals surface area (Å²) in [5.74, 6) is 0.625. The summed E-state index contributed by atoms with van der Waals surface area (Å²) in [7, 11) is 0. The third kappa shape index (κ3) is 2.08. The van der Waals surface area contributed by atoms with Gasteiger partial charge in [0.2, 0.25) is 5.95 Å². The fourth-order valence-corrected chi connectivity index (χ4v) is 1.59. The van der Waals surface area contributed by atoms with E-state index in [9.17, 15) is 0 Å². The van der Waals surface area contributed by atoms with Gasteiger partial charge in [0.25, 0.3) is 0 Å². The van der Waals surface area contributed by atoms with E-state index in [1.54, 1.807) is 10.7 Å². The van der Waals surface area contributed by atoms with Crippen molar-refractivity contribution in [3.63, 3.8) is 0 Å². The summed E-state index contributed by atoms with van der Waals surface area (Å²) in [4.78, 5) is 8.40. The highest BCUT2D eigenvalue weighted by molar-refractivity contribution is 5.42. The van der Waals surface area contributed by atoms with Gasteiger partial charge in [0, 0.05) is 25.1 Å². The largest absolute Gasteiger partial charge is 0.349 e. The summed E-state index contributed by atoms with van der Waals surface area (Å²) >= 11 is 0. The van der Waals surface area contributed by atoms with Gasteiger partial charge >= 0.3 is 0 Å². The molecule has 0 aliphatic rings. The molecule has 0 unspecified atom stereocenters. The maximum atomic E-state index is 4.35. The predicted octanol–water partition coefficient (Wildman–Crippen LogP) is 1.74. The molecule has 5 nitrogen and oxygen atoms in total. The fourth-order valence-electron chi connectivity index (χ4n) is 1.59. The predicted molar refractivity (Wildman–Crippen MR) is 64.6 cm³/mol. The summed E-state index contributed by atoms with van der Waals surface area (Å²) in [6.07, 6.45) is 5.45. The maximum Gasteiger partial charge on any atom is 0.243 e. The van der Waals surface area contributed by atoms with Crippen molar-refractivity contribution in [2.45, 2.75) is 6.54 Å². The van der Waals surface area contributed by atoms with Crippen molar-refractivity contribution >= 4 is 11.6 Å². The first-order valence-electron chi connectivity index (χ1n) is 5.36. The van der Waals surface area contributed by atoms with Gasteiger partial charge in [-0.05, 0) is 23.8 Å². The SMILES string of the molecule is c1cncc(CNc2nc3ccccn3n2)c1. The zero-order valence-electron chi connectivity index (χ0n) is 9.11. The number of nitrogens with zero attached hydrogens (tertiary/aromatic N) is 4. The molecule has 84 valence electrons. The molecular formula is C12H11N5. The van der Waals surface area contributed by atoms with E-state index in [1.165, 1.54) is 0 Å². The van der Waals surface area contributed by atoms with Crippen molar-refractivity contribution in [3.8, 4) is 0 Å². The molecule has 0 bridgehead atoms. The van der Waals surface area contributed by atoms with Crippen LogP contribution in [0.3, 0.4) is 0 Å². The summed E-state index contributed by atoms with van der Waals surface area (Å²) in [6.45, 7) is 0.671. The van der Waals surface area contributed by atoms with Crippen LogP contribution in [0.1, 0.15) is 5.56 Å². The van der Waals surface area contributed by atoms with E-state index >= 15 is 0 Å². The number of hydrogen-bond donors (Lipinski definition) is 1. The zero-order chi connectivity index (χ0) is 11.5. The summed E-state index contributed by atoms with van der Waals surface area (Å²) in [6, 6.07) is 9.70. The lowest BCUT2D eigenvalue weighted by atomic mass is 10.3. The van der Waals surface area contributed by atoms with Crippen LogP contribution in [-0.4, -0.2) is 19.6 Å². The first-order chi connectivity index (χ1) is 8.42. The summed E-state index contributed by atoms with van der Waals surface area (Å²) in [5.41, 5.74) is 1.94. The average molecular weight is 225 g/mol. The normalized spacial score (nSPS) is 10.6. The van der Waals surface area contributed by atoms with Crippen LogP contribution >= 0.6 is 0 Å². The third-order valence-corrected chi connectivity index (χ3v) is 2.41. The average Bonchev–Trinajstić information content (AvgIpc) is 2.80. The Morgan fingerprint density at radius 1 is 1.18 bits per heavy atom. The van der Waals surface area contributed by atoms with Gasteiger partial charge in [-0.3, -0.25) is 4.98 Å². The molecule has 0 spiro atoms. The molecule has 0 radical (unpaired) electrons. The molecule has 0 aliphatic heterocycles. The quantitative estimate of drug-likeness (QED) is 0.737. The van der Waals surface area contributed by atoms with E-state index in [-0.39, 0.29) is 0 Å². The number of rotatable bonds is 3. The number of anilines is 1. The molecule has 0 atom stereocenters. The van der Waals surface area contributed by atoms with Crippen molar-refractivity contribution in [3.05, 3.63) is 54.5 Å². The van der Waals surface area contributed by atoms with Crippen molar-refractivity contribution < 1.29 is 0 Å². The second-order valence-corrected chi connectivity index (χ2v) is 3.65. The molecule has 0 aromatic carbocycles. The molecule has 3 aromatic heterocycles. The Balaban J connectivity index is 1.77. The van der Waals surface area contributed by atoms with E-state index in [2.05, 4.69) is 20.4 Å². The molecule has 0 aliphatic carbocycles. The van der Waals surface area contributed by atoms with Gasteiger partial charge in [0.1, 0.15) is 0 Å². The van der Waals surface area contributed by atoms with Crippen LogP contribution in [0.2, 0.25) is 0 Å². The minimum atomic E-state index is 0.625. The van der Waals surface area contributed by atoms with Gasteiger partial charge in [-0.1, -0.05) is 12.1 Å². The van der Waals surface area contributed by atoms with Gasteiger partial charge in [-0.2, -0.15) is 4.98 Å². The first kappa shape index (κ1) is 9.77. The summed E-state index contributed by atoms with van der Waals surface area (Å²) < 4.78 is 1.74. The van der Waals surface area contributed by atoms with Crippen LogP contribution in [0.25, 0.3) is 5.65 Å². The van der Waals surface area contributed by atoms with Gasteiger partial charge in [-0.15, -0.1) is 5.10 Å². The van der Waals surface area contributed by atoms with Crippen molar-refractivity contribution in [2.24, 2.45) is 0 Å². The molecule has 0 saturated carbocycles. The van der Waals surface area contributed by atoms with Crippen molar-refractivity contribution in [1.82, 2.24) is 19.6 Å². The fraction of sp³-hybridized carbons (Fsp3) is 0.0833. The van der Waals surface area contributed by atoms with Crippen LogP contribution in [0.15, 0.2) is 48.9 Å². The van der Waals surface area contributed by atoms with E-state index in [1.807, 2.05) is 42.7 Å². The standard InChI is InChI=1S/C12H11N5/c1-2-7-17-11(5-1)15-12(16-17)14-9-10-4-3-6-13-8-10/h1-8H,9H2,(H,14,16). The zero-order valence-corrected chi connectivity index (χ0v) is 9.11. The van der Waals surface area contributed by atoms with E-state index in [0.717, 1.165) is 11.2 Å². The number of hydrogen-bond acceptors (Lipinski definition) is 4. The lowest BCUT2D eigenvalue weighted by Crippen LogP contribution is -2.01. The Morgan fingerprint density at radius 3 is 3.00 bits per heavy atom. The van der Waals surface area contributed by atoms with Crippen molar-refractivity contribution in [1.29, 1.82) is 0 Å². The Morgan fingerprint density at radius 2 is 2.18 bits per heavy atom. The van der Waals surface area contributed by atoms with Gasteiger partial charge in [0.15, 0.2) is 5.65 Å². The second-order valence-electron chi connectivity index (χ2n) is 3.65. The lowest BCUT2D eigenvalue weighted by Gasteiger charge is -2.00. The number of nitrogens with one attached hydrogen (secondary N) is 1. The minimum Gasteiger partial charge on any atom is -0.349 e. The van der Waals surface area contributed by atoms with E-state index in [0.29, 0.717) is 12.5 Å². The molecule has 0 amide bonds. The van der Waals surface area contributed by atoms with Crippen LogP contribution < -0.4 is 5.32 Å². The molecule has 17 heavy (non-hydrogen) atoms. The molecule has 3 aromatic rings. The monoisotopic (exact) mass is 225 g/mol. The third-order valence-electron chi connectivity index (χ3n) is 2.41. The molecule has 1 N–H and O–H groups in total. The molecule has 0 fully saturated rings. The minimum absolute atomic E-state index is 0.625. The summed E-state index contributed by atoms with van der Waals surface area (Å²) in [5, 5.41) is 7.47. The highest BCUT2D eigenvalue weighted by atomic mass is 15.3. The van der Waals surface area contributed by atoms with E-state index < -0.39 is 0 Å². The second kappa shape index (κ2) is 4.21. The topological polar surface area (TPSA) is 55.1 Å². The Kier molecular flexibility index (Phi) is 2.42. The Labute approximate surface area is 98.1 Å². The van der Waals surface area contributed by atoms with Crippen molar-refractivity contribution in [2.75, 3.05) is 5.32 Å². The van der Waals surface area contributed by atoms with Crippen LogP contribution in [0, 0.1) is 0 Å².